The molecule has 3 N–H and O–H groups in total. The summed E-state index contributed by atoms with van der Waals surface area (Å²) in [7, 11) is -4.65. The molecule has 0 rings (SSSR count). The number of hydrogen-bond acceptors (Lipinski definition) is 10. The van der Waals surface area contributed by atoms with Crippen molar-refractivity contribution in [3.05, 3.63) is 85.1 Å². The second-order valence-corrected chi connectivity index (χ2v) is 15.5. The highest BCUT2D eigenvalue weighted by Gasteiger charge is 2.27. The molecule has 0 aliphatic heterocycles. The zero-order valence-electron chi connectivity index (χ0n) is 35.5. The van der Waals surface area contributed by atoms with Crippen molar-refractivity contribution in [1.82, 2.24) is 0 Å². The van der Waals surface area contributed by atoms with Gasteiger partial charge in [-0.3, -0.25) is 23.4 Å². The van der Waals surface area contributed by atoms with Gasteiger partial charge in [0.2, 0.25) is 0 Å². The number of rotatable bonds is 39. The molecule has 0 radical (unpaired) electrons. The minimum Gasteiger partial charge on any atom is -0.462 e. The van der Waals surface area contributed by atoms with E-state index >= 15 is 0 Å². The van der Waals surface area contributed by atoms with E-state index in [2.05, 4.69) is 79.1 Å². The highest BCUT2D eigenvalue weighted by atomic mass is 31.2. The zero-order valence-corrected chi connectivity index (χ0v) is 36.4. The zero-order chi connectivity index (χ0) is 42.8. The molecule has 0 bridgehead atoms. The lowest BCUT2D eigenvalue weighted by molar-refractivity contribution is -0.161. The van der Waals surface area contributed by atoms with E-state index < -0.39 is 51.8 Å². The molecule has 0 saturated heterocycles. The Kier molecular flexibility index (Phi) is 38.4. The average molecular weight is 835 g/mol. The largest absolute Gasteiger partial charge is 0.472 e. The third-order valence-electron chi connectivity index (χ3n) is 8.51. The molecule has 1 unspecified atom stereocenters. The van der Waals surface area contributed by atoms with Crippen LogP contribution in [0.4, 0.5) is 0 Å². The van der Waals surface area contributed by atoms with E-state index in [1.165, 1.54) is 0 Å². The van der Waals surface area contributed by atoms with Gasteiger partial charge in [0.25, 0.3) is 0 Å². The number of ketones is 1. The number of esters is 2. The first-order chi connectivity index (χ1) is 28.1. The first-order valence-electron chi connectivity index (χ1n) is 21.5. The number of hydrogen-bond donors (Lipinski definition) is 3. The number of aliphatic hydroxyl groups is 2. The van der Waals surface area contributed by atoms with Crippen LogP contribution in [0.15, 0.2) is 85.1 Å². The maximum atomic E-state index is 12.6. The average Bonchev–Trinajstić information content (AvgIpc) is 3.20. The van der Waals surface area contributed by atoms with E-state index in [0.29, 0.717) is 19.3 Å². The number of phosphoric ester groups is 1. The van der Waals surface area contributed by atoms with Crippen molar-refractivity contribution in [3.63, 3.8) is 0 Å². The normalized spacial score (nSPS) is 14.6. The van der Waals surface area contributed by atoms with E-state index in [1.54, 1.807) is 12.2 Å². The number of ether oxygens (including phenoxy) is 2. The molecule has 0 aromatic rings. The maximum Gasteiger partial charge on any atom is 0.472 e. The fourth-order valence-corrected chi connectivity index (χ4v) is 5.97. The topological polar surface area (TPSA) is 166 Å². The van der Waals surface area contributed by atoms with Crippen molar-refractivity contribution >= 4 is 25.5 Å². The lowest BCUT2D eigenvalue weighted by Gasteiger charge is -2.20. The maximum absolute atomic E-state index is 12.6. The molecule has 0 aliphatic carbocycles. The van der Waals surface area contributed by atoms with Crippen molar-refractivity contribution < 1.29 is 52.6 Å². The molecule has 0 saturated carbocycles. The number of allylic oxidation sites excluding steroid dienone is 14. The minimum absolute atomic E-state index is 0.120. The summed E-state index contributed by atoms with van der Waals surface area (Å²) >= 11 is 0. The highest BCUT2D eigenvalue weighted by Crippen LogP contribution is 2.43. The Bertz CT molecular complexity index is 1300. The molecule has 3 atom stereocenters. The van der Waals surface area contributed by atoms with Crippen LogP contribution in [0.5, 0.6) is 0 Å². The second kappa shape index (κ2) is 40.6. The quantitative estimate of drug-likeness (QED) is 0.0135. The molecule has 0 amide bonds. The van der Waals surface area contributed by atoms with Crippen LogP contribution in [0.1, 0.15) is 149 Å². The Morgan fingerprint density at radius 2 is 1.10 bits per heavy atom. The third kappa shape index (κ3) is 39.6. The molecule has 0 aliphatic rings. The van der Waals surface area contributed by atoms with Crippen molar-refractivity contribution in [2.24, 2.45) is 0 Å². The summed E-state index contributed by atoms with van der Waals surface area (Å²) in [5.74, 6) is -0.876. The van der Waals surface area contributed by atoms with E-state index in [-0.39, 0.29) is 25.2 Å². The molecule has 0 spiro atoms. The SMILES string of the molecule is CC/C=C\C/C=C\C/C=C\C/C=C\C/C=C\CCCCCC(=O)OC[C@H](COP(=O)(O)OC[C@@H](O)CO)OC(=O)CCCCCCC/C=C\C=C\C(=O)CCCCC. The van der Waals surface area contributed by atoms with Crippen LogP contribution in [-0.2, 0) is 37.5 Å². The first kappa shape index (κ1) is 54.8. The van der Waals surface area contributed by atoms with Crippen molar-refractivity contribution in [1.29, 1.82) is 0 Å². The van der Waals surface area contributed by atoms with Gasteiger partial charge in [-0.15, -0.1) is 0 Å². The summed E-state index contributed by atoms with van der Waals surface area (Å²) in [5.41, 5.74) is 0. The van der Waals surface area contributed by atoms with E-state index in [4.69, 9.17) is 19.1 Å². The van der Waals surface area contributed by atoms with Crippen LogP contribution < -0.4 is 0 Å². The summed E-state index contributed by atoms with van der Waals surface area (Å²) in [5, 5.41) is 18.3. The summed E-state index contributed by atoms with van der Waals surface area (Å²) in [6.45, 7) is 1.99. The summed E-state index contributed by atoms with van der Waals surface area (Å²) < 4.78 is 32.6. The predicted octanol–water partition coefficient (Wildman–Crippen LogP) is 10.6. The third-order valence-corrected chi connectivity index (χ3v) is 9.46. The number of phosphoric acid groups is 1. The van der Waals surface area contributed by atoms with Crippen LogP contribution in [0.25, 0.3) is 0 Å². The monoisotopic (exact) mass is 835 g/mol. The first-order valence-corrected chi connectivity index (χ1v) is 23.0. The van der Waals surface area contributed by atoms with Crippen molar-refractivity contribution in [3.8, 4) is 0 Å². The Morgan fingerprint density at radius 1 is 0.586 bits per heavy atom. The standard InChI is InChI=1S/C46H75O11P/c1-3-5-7-8-9-10-11-12-13-14-15-16-17-18-19-22-25-28-32-36-45(50)54-40-44(41-56-58(52,53)55-39-43(49)38-47)57-46(51)37-33-29-26-23-20-21-24-27-31-35-42(48)34-30-6-4-2/h5,7,9-10,12-13,15-16,18-19,24,27,31,35,43-44,47,49H,3-4,6,8,11,14,17,20-23,25-26,28-30,32-34,36-41H2,1-2H3,(H,52,53)/b7-5-,10-9-,13-12-,16-15-,19-18-,27-24-,35-31+/t43-,44+/m0/s1. The van der Waals surface area contributed by atoms with Crippen molar-refractivity contribution in [2.75, 3.05) is 26.4 Å². The Labute approximate surface area is 349 Å². The fourth-order valence-electron chi connectivity index (χ4n) is 5.18. The molecular weight excluding hydrogens is 759 g/mol. The van der Waals surface area contributed by atoms with E-state index in [1.807, 2.05) is 12.2 Å². The summed E-state index contributed by atoms with van der Waals surface area (Å²) in [4.78, 5) is 46.7. The minimum atomic E-state index is -4.65. The number of unbranched alkanes of at least 4 members (excludes halogenated alkanes) is 10. The predicted molar refractivity (Wildman–Crippen MR) is 233 cm³/mol. The fraction of sp³-hybridized carbons (Fsp3) is 0.630. The van der Waals surface area contributed by atoms with Gasteiger partial charge in [-0.05, 0) is 83.1 Å². The Balaban J connectivity index is 4.44. The van der Waals surface area contributed by atoms with Gasteiger partial charge in [0.1, 0.15) is 12.7 Å². The molecule has 12 heteroatoms. The molecule has 11 nitrogen and oxygen atoms in total. The lowest BCUT2D eigenvalue weighted by atomic mass is 10.1. The molecule has 0 aromatic carbocycles. The van der Waals surface area contributed by atoms with Crippen LogP contribution in [0.3, 0.4) is 0 Å². The van der Waals surface area contributed by atoms with Gasteiger partial charge in [-0.25, -0.2) is 4.57 Å². The molecule has 58 heavy (non-hydrogen) atoms. The molecular formula is C46H75O11P. The van der Waals surface area contributed by atoms with Gasteiger partial charge in [0.15, 0.2) is 11.9 Å². The lowest BCUT2D eigenvalue weighted by Crippen LogP contribution is -2.29. The summed E-state index contributed by atoms with van der Waals surface area (Å²) in [6, 6.07) is 0. The van der Waals surface area contributed by atoms with E-state index in [0.717, 1.165) is 103 Å². The smallest absolute Gasteiger partial charge is 0.462 e. The Morgan fingerprint density at radius 3 is 1.72 bits per heavy atom. The van der Waals surface area contributed by atoms with Crippen LogP contribution in [-0.4, -0.2) is 71.5 Å². The number of carbonyl (C=O) groups is 3. The molecule has 330 valence electrons. The van der Waals surface area contributed by atoms with Gasteiger partial charge in [0, 0.05) is 19.3 Å². The second-order valence-electron chi connectivity index (χ2n) is 14.0. The van der Waals surface area contributed by atoms with Gasteiger partial charge in [0.05, 0.1) is 19.8 Å². The Hall–Kier alpha value is -3.18. The van der Waals surface area contributed by atoms with Crippen LogP contribution >= 0.6 is 7.82 Å². The van der Waals surface area contributed by atoms with Gasteiger partial charge >= 0.3 is 19.8 Å². The molecule has 0 heterocycles. The van der Waals surface area contributed by atoms with Crippen LogP contribution in [0, 0.1) is 0 Å². The molecule has 0 fully saturated rings. The van der Waals surface area contributed by atoms with Gasteiger partial charge in [-0.1, -0.05) is 131 Å². The highest BCUT2D eigenvalue weighted by molar-refractivity contribution is 7.47. The number of aliphatic hydroxyl groups excluding tert-OH is 2. The molecule has 0 aromatic heterocycles. The number of carbonyl (C=O) groups excluding carboxylic acids is 3. The van der Waals surface area contributed by atoms with E-state index in [9.17, 15) is 28.9 Å². The van der Waals surface area contributed by atoms with Gasteiger partial charge in [-0.2, -0.15) is 0 Å². The van der Waals surface area contributed by atoms with Gasteiger partial charge < -0.3 is 24.6 Å². The van der Waals surface area contributed by atoms with Crippen LogP contribution in [0.2, 0.25) is 0 Å². The summed E-state index contributed by atoms with van der Waals surface area (Å²) in [6.07, 6.45) is 43.8. The van der Waals surface area contributed by atoms with Crippen molar-refractivity contribution in [2.45, 2.75) is 161 Å².